The van der Waals surface area contributed by atoms with Crippen molar-refractivity contribution in [2.24, 2.45) is 0 Å². The second-order valence-corrected chi connectivity index (χ2v) is 7.66. The Morgan fingerprint density at radius 1 is 0.966 bits per heavy atom. The lowest BCUT2D eigenvalue weighted by Crippen LogP contribution is -2.27. The van der Waals surface area contributed by atoms with Crippen LogP contribution in [0.5, 0.6) is 5.75 Å². The van der Waals surface area contributed by atoms with Crippen LogP contribution in [0, 0.1) is 0 Å². The molecule has 29 heavy (non-hydrogen) atoms. The third-order valence-corrected chi connectivity index (χ3v) is 5.66. The lowest BCUT2D eigenvalue weighted by Gasteiger charge is -2.29. The Morgan fingerprint density at radius 3 is 2.41 bits per heavy atom. The lowest BCUT2D eigenvalue weighted by molar-refractivity contribution is -0.116. The zero-order chi connectivity index (χ0) is 20.0. The van der Waals surface area contributed by atoms with E-state index in [1.54, 1.807) is 24.3 Å². The normalized spacial score (nSPS) is 20.9. The molecule has 7 nitrogen and oxygen atoms in total. The Balaban J connectivity index is 1.58. The number of anilines is 2. The monoisotopic (exact) mass is 408 g/mol. The minimum absolute atomic E-state index is 0.0351. The zero-order valence-corrected chi connectivity index (χ0v) is 16.0. The molecule has 5 rings (SSSR count). The number of fused-ring (bicyclic) bond motifs is 1. The van der Waals surface area contributed by atoms with Crippen molar-refractivity contribution in [3.63, 3.8) is 0 Å². The van der Waals surface area contributed by atoms with Crippen LogP contribution >= 0.6 is 11.6 Å². The number of hydrogen-bond acceptors (Lipinski definition) is 7. The molecule has 0 amide bonds. The molecule has 1 aliphatic heterocycles. The van der Waals surface area contributed by atoms with Gasteiger partial charge in [0.2, 0.25) is 11.6 Å². The van der Waals surface area contributed by atoms with Crippen molar-refractivity contribution in [1.29, 1.82) is 0 Å². The van der Waals surface area contributed by atoms with Crippen LogP contribution in [0.3, 0.4) is 0 Å². The van der Waals surface area contributed by atoms with Crippen LogP contribution in [-0.2, 0) is 4.79 Å². The molecular weight excluding hydrogens is 392 g/mol. The van der Waals surface area contributed by atoms with E-state index in [1.165, 1.54) is 0 Å². The van der Waals surface area contributed by atoms with Crippen molar-refractivity contribution in [3.05, 3.63) is 76.0 Å². The number of benzene rings is 2. The van der Waals surface area contributed by atoms with Crippen molar-refractivity contribution >= 4 is 29.0 Å². The van der Waals surface area contributed by atoms with Crippen LogP contribution in [-0.4, -0.2) is 21.2 Å². The summed E-state index contributed by atoms with van der Waals surface area (Å²) in [5, 5.41) is 24.7. The number of halogens is 1. The molecule has 0 saturated carbocycles. The first-order chi connectivity index (χ1) is 14.1. The number of rotatable bonds is 2. The van der Waals surface area contributed by atoms with E-state index in [-0.39, 0.29) is 17.5 Å². The van der Waals surface area contributed by atoms with Gasteiger partial charge in [0.25, 0.3) is 0 Å². The summed E-state index contributed by atoms with van der Waals surface area (Å²) in [5.74, 6) is 1.13. The highest BCUT2D eigenvalue weighted by atomic mass is 35.5. The van der Waals surface area contributed by atoms with Crippen LogP contribution in [0.4, 0.5) is 11.6 Å². The molecule has 1 aromatic heterocycles. The van der Waals surface area contributed by atoms with E-state index in [0.717, 1.165) is 16.8 Å². The fraction of sp³-hybridized carbons (Fsp3) is 0.190. The summed E-state index contributed by atoms with van der Waals surface area (Å²) in [6.45, 7) is 0. The molecule has 0 unspecified atom stereocenters. The number of ketones is 1. The van der Waals surface area contributed by atoms with Gasteiger partial charge < -0.3 is 15.7 Å². The van der Waals surface area contributed by atoms with Crippen molar-refractivity contribution < 1.29 is 14.5 Å². The molecule has 0 fully saturated rings. The van der Waals surface area contributed by atoms with E-state index >= 15 is 0 Å². The number of nitrogens with one attached hydrogen (secondary N) is 2. The smallest absolute Gasteiger partial charge is 0.219 e. The Kier molecular flexibility index (Phi) is 4.24. The molecule has 0 saturated heterocycles. The maximum atomic E-state index is 13.3. The Morgan fingerprint density at radius 2 is 1.66 bits per heavy atom. The number of phenolic OH excluding ortho intramolecular Hbond substituents is 1. The minimum Gasteiger partial charge on any atom is -0.508 e. The van der Waals surface area contributed by atoms with E-state index in [0.29, 0.717) is 35.1 Å². The molecule has 8 heteroatoms. The summed E-state index contributed by atoms with van der Waals surface area (Å²) < 4.78 is 4.87. The van der Waals surface area contributed by atoms with Gasteiger partial charge in [0.15, 0.2) is 5.78 Å². The molecule has 3 N–H and O–H groups in total. The highest BCUT2D eigenvalue weighted by Gasteiger charge is 2.37. The van der Waals surface area contributed by atoms with Crippen LogP contribution in [0.15, 0.2) is 64.4 Å². The molecule has 2 aromatic carbocycles. The van der Waals surface area contributed by atoms with Gasteiger partial charge in [-0.25, -0.2) is 4.63 Å². The van der Waals surface area contributed by atoms with Crippen molar-refractivity contribution in [3.8, 4) is 5.75 Å². The summed E-state index contributed by atoms with van der Waals surface area (Å²) in [5.41, 5.74) is 3.35. The van der Waals surface area contributed by atoms with E-state index in [9.17, 15) is 9.90 Å². The quantitative estimate of drug-likeness (QED) is 0.577. The number of allylic oxidation sites excluding steroid dienone is 1. The summed E-state index contributed by atoms with van der Waals surface area (Å²) in [6, 6.07) is 13.9. The highest BCUT2D eigenvalue weighted by Crippen LogP contribution is 2.43. The highest BCUT2D eigenvalue weighted by molar-refractivity contribution is 6.30. The number of carbonyl (C=O) groups is 1. The first-order valence-electron chi connectivity index (χ1n) is 9.25. The van der Waals surface area contributed by atoms with Crippen LogP contribution in [0.2, 0.25) is 5.02 Å². The molecule has 3 aromatic rings. The molecule has 146 valence electrons. The molecule has 0 bridgehead atoms. The molecule has 2 heterocycles. The number of nitrogens with zero attached hydrogens (tertiary/aromatic N) is 2. The minimum atomic E-state index is -0.426. The summed E-state index contributed by atoms with van der Waals surface area (Å²) in [4.78, 5) is 13.3. The number of aromatic hydroxyl groups is 1. The number of phenols is 1. The molecule has 2 aliphatic rings. The maximum absolute atomic E-state index is 13.3. The van der Waals surface area contributed by atoms with Gasteiger partial charge in [0, 0.05) is 22.7 Å². The van der Waals surface area contributed by atoms with Gasteiger partial charge in [-0.05, 0) is 58.0 Å². The maximum Gasteiger partial charge on any atom is 0.219 e. The average molecular weight is 409 g/mol. The van der Waals surface area contributed by atoms with Gasteiger partial charge in [-0.15, -0.1) is 0 Å². The van der Waals surface area contributed by atoms with Gasteiger partial charge in [-0.2, -0.15) is 0 Å². The van der Waals surface area contributed by atoms with Gasteiger partial charge in [-0.3, -0.25) is 4.79 Å². The largest absolute Gasteiger partial charge is 0.508 e. The average Bonchev–Trinajstić information content (AvgIpc) is 3.08. The summed E-state index contributed by atoms with van der Waals surface area (Å²) in [7, 11) is 0. The predicted molar refractivity (Wildman–Crippen MR) is 108 cm³/mol. The van der Waals surface area contributed by atoms with E-state index < -0.39 is 6.04 Å². The fourth-order valence-electron chi connectivity index (χ4n) is 3.99. The number of Topliss-reactive ketones (excluding diaryl/α,β-unsaturated/α-hetero) is 1. The Bertz CT molecular complexity index is 1110. The van der Waals surface area contributed by atoms with E-state index in [1.807, 2.05) is 24.3 Å². The van der Waals surface area contributed by atoms with E-state index in [4.69, 9.17) is 16.2 Å². The van der Waals surface area contributed by atoms with Crippen LogP contribution < -0.4 is 10.6 Å². The van der Waals surface area contributed by atoms with Gasteiger partial charge >= 0.3 is 0 Å². The molecule has 0 radical (unpaired) electrons. The van der Waals surface area contributed by atoms with Crippen molar-refractivity contribution in [2.75, 3.05) is 10.6 Å². The predicted octanol–water partition coefficient (Wildman–Crippen LogP) is 4.41. The third-order valence-electron chi connectivity index (χ3n) is 5.40. The Labute approximate surface area is 171 Å². The standard InChI is InChI=1S/C21H17ClN4O3/c22-14-5-1-11(2-6-14)13-9-16-18(17(28)10-13)19(12-3-7-15(27)8-4-12)24-21-20(23-16)25-29-26-21/h1-8,13,19,27H,9-10H2,(H,23,25)(H,24,26)/t13-,19-/m0/s1. The second kappa shape index (κ2) is 6.93. The molecule has 2 atom stereocenters. The number of carbonyl (C=O) groups excluding carboxylic acids is 1. The van der Waals surface area contributed by atoms with Crippen molar-refractivity contribution in [2.45, 2.75) is 24.8 Å². The Hall–Kier alpha value is -3.32. The summed E-state index contributed by atoms with van der Waals surface area (Å²) in [6.07, 6.45) is 1.04. The SMILES string of the molecule is O=C1C[C@@H](c2ccc(Cl)cc2)CC2=C1[C@H](c1ccc(O)cc1)Nc1nonc1N2. The van der Waals surface area contributed by atoms with Crippen molar-refractivity contribution in [1.82, 2.24) is 10.3 Å². The second-order valence-electron chi connectivity index (χ2n) is 7.23. The zero-order valence-electron chi connectivity index (χ0n) is 15.2. The van der Waals surface area contributed by atoms with E-state index in [2.05, 4.69) is 20.9 Å². The summed E-state index contributed by atoms with van der Waals surface area (Å²) >= 11 is 6.01. The van der Waals surface area contributed by atoms with Gasteiger partial charge in [0.1, 0.15) is 5.75 Å². The topological polar surface area (TPSA) is 100 Å². The fourth-order valence-corrected chi connectivity index (χ4v) is 4.11. The van der Waals surface area contributed by atoms with Gasteiger partial charge in [0.05, 0.1) is 6.04 Å². The third kappa shape index (κ3) is 3.23. The molecule has 1 aliphatic carbocycles. The number of hydrogen-bond donors (Lipinski definition) is 3. The van der Waals surface area contributed by atoms with Crippen LogP contribution in [0.25, 0.3) is 0 Å². The van der Waals surface area contributed by atoms with Gasteiger partial charge in [-0.1, -0.05) is 35.9 Å². The van der Waals surface area contributed by atoms with Crippen LogP contribution in [0.1, 0.15) is 35.9 Å². The molecular formula is C21H17ClN4O3. The first kappa shape index (κ1) is 17.8. The lowest BCUT2D eigenvalue weighted by atomic mass is 9.78. The first-order valence-corrected chi connectivity index (χ1v) is 9.63. The molecule has 0 spiro atoms. The number of aromatic nitrogens is 2.